The summed E-state index contributed by atoms with van der Waals surface area (Å²) in [6.45, 7) is 1.82. The van der Waals surface area contributed by atoms with Crippen molar-refractivity contribution in [2.45, 2.75) is 11.8 Å². The zero-order valence-corrected chi connectivity index (χ0v) is 22.1. The van der Waals surface area contributed by atoms with Gasteiger partial charge in [-0.15, -0.1) is 11.3 Å². The van der Waals surface area contributed by atoms with Crippen LogP contribution in [-0.2, 0) is 10.0 Å². The van der Waals surface area contributed by atoms with Crippen LogP contribution in [0, 0.1) is 6.92 Å². The fourth-order valence-corrected chi connectivity index (χ4v) is 6.07. The van der Waals surface area contributed by atoms with Gasteiger partial charge in [0.15, 0.2) is 0 Å². The van der Waals surface area contributed by atoms with Gasteiger partial charge in [0.05, 0.1) is 37.6 Å². The third-order valence-corrected chi connectivity index (χ3v) is 8.62. The lowest BCUT2D eigenvalue weighted by atomic mass is 10.2. The first-order valence-corrected chi connectivity index (χ1v) is 13.1. The molecule has 188 valence electrons. The number of ether oxygens (including phenoxy) is 3. The molecule has 0 spiro atoms. The first-order chi connectivity index (χ1) is 17.2. The maximum atomic E-state index is 13.4. The van der Waals surface area contributed by atoms with Gasteiger partial charge in [0.2, 0.25) is 0 Å². The average Bonchev–Trinajstić information content (AvgIpc) is 3.31. The van der Waals surface area contributed by atoms with E-state index in [1.165, 1.54) is 36.9 Å². The van der Waals surface area contributed by atoms with Crippen LogP contribution in [0.4, 0.5) is 11.4 Å². The molecule has 0 radical (unpaired) electrons. The monoisotopic (exact) mass is 526 g/mol. The Morgan fingerprint density at radius 1 is 0.889 bits per heavy atom. The highest BCUT2D eigenvalue weighted by Gasteiger charge is 2.26. The molecule has 0 unspecified atom stereocenters. The minimum atomic E-state index is -3.88. The van der Waals surface area contributed by atoms with Gasteiger partial charge < -0.3 is 19.5 Å². The van der Waals surface area contributed by atoms with Crippen molar-refractivity contribution in [2.24, 2.45) is 0 Å². The van der Waals surface area contributed by atoms with Crippen molar-refractivity contribution in [1.82, 2.24) is 0 Å². The third kappa shape index (κ3) is 4.82. The SMILES string of the molecule is COc1ccc(OC)c(NC(=O)c2cc3cc(N(C)S(=O)(=O)c4cc(C)ccc4OC)ccc3s2)c1. The Labute approximate surface area is 214 Å². The van der Waals surface area contributed by atoms with Crippen LogP contribution in [-0.4, -0.2) is 42.7 Å². The van der Waals surface area contributed by atoms with Crippen LogP contribution in [0.3, 0.4) is 0 Å². The highest BCUT2D eigenvalue weighted by Crippen LogP contribution is 2.35. The second kappa shape index (κ2) is 10.1. The summed E-state index contributed by atoms with van der Waals surface area (Å²) in [6.07, 6.45) is 0. The molecule has 3 aromatic carbocycles. The van der Waals surface area contributed by atoms with E-state index in [1.54, 1.807) is 67.8 Å². The largest absolute Gasteiger partial charge is 0.497 e. The summed E-state index contributed by atoms with van der Waals surface area (Å²) in [5.41, 5.74) is 1.75. The lowest BCUT2D eigenvalue weighted by Crippen LogP contribution is -2.27. The number of thiophene rings is 1. The molecular weight excluding hydrogens is 500 g/mol. The molecule has 4 aromatic rings. The molecule has 0 saturated heterocycles. The predicted molar refractivity (Wildman–Crippen MR) is 143 cm³/mol. The minimum Gasteiger partial charge on any atom is -0.497 e. The Balaban J connectivity index is 1.64. The van der Waals surface area contributed by atoms with Crippen molar-refractivity contribution in [2.75, 3.05) is 38.0 Å². The standard InChI is InChI=1S/C26H26N2O6S2/c1-16-6-9-22(34-5)25(12-16)36(30,31)28(2)18-7-11-23-17(13-18)14-24(35-23)26(29)27-20-15-19(32-3)8-10-21(20)33-4/h6-15H,1-5H3,(H,27,29). The quantitative estimate of drug-likeness (QED) is 0.334. The number of hydrogen-bond donors (Lipinski definition) is 1. The number of benzene rings is 3. The van der Waals surface area contributed by atoms with E-state index >= 15 is 0 Å². The molecule has 1 amide bonds. The first-order valence-electron chi connectivity index (χ1n) is 10.9. The lowest BCUT2D eigenvalue weighted by Gasteiger charge is -2.21. The number of hydrogen-bond acceptors (Lipinski definition) is 7. The van der Waals surface area contributed by atoms with E-state index < -0.39 is 10.0 Å². The molecule has 0 atom stereocenters. The molecule has 0 aliphatic carbocycles. The lowest BCUT2D eigenvalue weighted by molar-refractivity contribution is 0.103. The summed E-state index contributed by atoms with van der Waals surface area (Å²) in [5, 5.41) is 3.61. The van der Waals surface area contributed by atoms with Crippen molar-refractivity contribution in [3.8, 4) is 17.2 Å². The van der Waals surface area contributed by atoms with Crippen molar-refractivity contribution >= 4 is 48.7 Å². The van der Waals surface area contributed by atoms with Crippen molar-refractivity contribution in [1.29, 1.82) is 0 Å². The van der Waals surface area contributed by atoms with E-state index in [-0.39, 0.29) is 16.6 Å². The number of sulfonamides is 1. The summed E-state index contributed by atoms with van der Waals surface area (Å²) in [4.78, 5) is 13.6. The summed E-state index contributed by atoms with van der Waals surface area (Å²) in [6, 6.07) is 17.2. The van der Waals surface area contributed by atoms with E-state index in [0.29, 0.717) is 27.8 Å². The molecule has 8 nitrogen and oxygen atoms in total. The topological polar surface area (TPSA) is 94.2 Å². The van der Waals surface area contributed by atoms with E-state index in [4.69, 9.17) is 14.2 Å². The number of nitrogens with one attached hydrogen (secondary N) is 1. The molecule has 1 aromatic heterocycles. The zero-order chi connectivity index (χ0) is 26.0. The van der Waals surface area contributed by atoms with Crippen LogP contribution in [0.5, 0.6) is 17.2 Å². The fraction of sp³-hybridized carbons (Fsp3) is 0.192. The van der Waals surface area contributed by atoms with Crippen LogP contribution in [0.1, 0.15) is 15.2 Å². The molecule has 1 heterocycles. The number of methoxy groups -OCH3 is 3. The number of rotatable bonds is 8. The Hall–Kier alpha value is -3.76. The van der Waals surface area contributed by atoms with Gasteiger partial charge in [0.1, 0.15) is 22.1 Å². The molecule has 4 rings (SSSR count). The highest BCUT2D eigenvalue weighted by molar-refractivity contribution is 7.93. The highest BCUT2D eigenvalue weighted by atomic mass is 32.2. The van der Waals surface area contributed by atoms with Gasteiger partial charge in [0.25, 0.3) is 15.9 Å². The third-order valence-electron chi connectivity index (χ3n) is 5.70. The number of anilines is 2. The molecule has 0 aliphatic rings. The van der Waals surface area contributed by atoms with Crippen molar-refractivity contribution in [3.05, 3.63) is 71.1 Å². The predicted octanol–water partition coefficient (Wildman–Crippen LogP) is 5.31. The molecule has 0 bridgehead atoms. The summed E-state index contributed by atoms with van der Waals surface area (Å²) >= 11 is 1.31. The van der Waals surface area contributed by atoms with Crippen LogP contribution < -0.4 is 23.8 Å². The molecule has 36 heavy (non-hydrogen) atoms. The molecule has 0 fully saturated rings. The van der Waals surface area contributed by atoms with E-state index in [1.807, 2.05) is 6.92 Å². The Kier molecular flexibility index (Phi) is 7.09. The smallest absolute Gasteiger partial charge is 0.267 e. The molecule has 1 N–H and O–H groups in total. The molecule has 10 heteroatoms. The number of fused-ring (bicyclic) bond motifs is 1. The zero-order valence-electron chi connectivity index (χ0n) is 20.5. The minimum absolute atomic E-state index is 0.0882. The summed E-state index contributed by atoms with van der Waals surface area (Å²) in [7, 11) is 2.12. The maximum Gasteiger partial charge on any atom is 0.267 e. The van der Waals surface area contributed by atoms with Crippen LogP contribution in [0.15, 0.2) is 65.6 Å². The number of carbonyl (C=O) groups is 1. The second-order valence-corrected chi connectivity index (χ2v) is 11.0. The van der Waals surface area contributed by atoms with E-state index in [9.17, 15) is 13.2 Å². The van der Waals surface area contributed by atoms with Crippen LogP contribution in [0.2, 0.25) is 0 Å². The van der Waals surface area contributed by atoms with Gasteiger partial charge in [-0.3, -0.25) is 9.10 Å². The van der Waals surface area contributed by atoms with Gasteiger partial charge in [-0.25, -0.2) is 8.42 Å². The summed E-state index contributed by atoms with van der Waals surface area (Å²) < 4.78 is 44.7. The number of aryl methyl sites for hydroxylation is 1. The summed E-state index contributed by atoms with van der Waals surface area (Å²) in [5.74, 6) is 1.05. The normalized spacial score (nSPS) is 11.2. The van der Waals surface area contributed by atoms with Gasteiger partial charge in [0, 0.05) is 17.8 Å². The average molecular weight is 527 g/mol. The van der Waals surface area contributed by atoms with Gasteiger partial charge in [-0.05, 0) is 66.4 Å². The Morgan fingerprint density at radius 3 is 2.31 bits per heavy atom. The second-order valence-electron chi connectivity index (χ2n) is 7.98. The van der Waals surface area contributed by atoms with E-state index in [2.05, 4.69) is 5.32 Å². The molecule has 0 aliphatic heterocycles. The number of amides is 1. The number of carbonyl (C=O) groups excluding carboxylic acids is 1. The van der Waals surface area contributed by atoms with Crippen LogP contribution >= 0.6 is 11.3 Å². The van der Waals surface area contributed by atoms with Crippen LogP contribution in [0.25, 0.3) is 10.1 Å². The molecule has 0 saturated carbocycles. The van der Waals surface area contributed by atoms with Gasteiger partial charge >= 0.3 is 0 Å². The first kappa shape index (κ1) is 25.3. The van der Waals surface area contributed by atoms with Gasteiger partial charge in [-0.1, -0.05) is 6.07 Å². The Bertz CT molecular complexity index is 1550. The number of nitrogens with zero attached hydrogens (tertiary/aromatic N) is 1. The van der Waals surface area contributed by atoms with E-state index in [0.717, 1.165) is 15.6 Å². The van der Waals surface area contributed by atoms with Crippen molar-refractivity contribution in [3.63, 3.8) is 0 Å². The Morgan fingerprint density at radius 2 is 1.61 bits per heavy atom. The van der Waals surface area contributed by atoms with Crippen molar-refractivity contribution < 1.29 is 27.4 Å². The molecular formula is C26H26N2O6S2. The fourth-order valence-electron chi connectivity index (χ4n) is 3.71. The maximum absolute atomic E-state index is 13.4. The van der Waals surface area contributed by atoms with Gasteiger partial charge in [-0.2, -0.15) is 0 Å².